The molecule has 0 aromatic carbocycles. The molecule has 1 aromatic rings. The number of hydrogen-bond acceptors (Lipinski definition) is 5. The smallest absolute Gasteiger partial charge is 0.250 e. The summed E-state index contributed by atoms with van der Waals surface area (Å²) in [4.78, 5) is 1.04. The van der Waals surface area contributed by atoms with Crippen molar-refractivity contribution in [2.75, 3.05) is 20.2 Å². The quantitative estimate of drug-likeness (QED) is 0.763. The number of aryl methyl sites for hydroxylation is 1. The molecule has 0 bridgehead atoms. The van der Waals surface area contributed by atoms with E-state index in [-0.39, 0.29) is 12.6 Å². The zero-order valence-corrected chi connectivity index (χ0v) is 13.5. The summed E-state index contributed by atoms with van der Waals surface area (Å²) in [7, 11) is -1.59. The third-order valence-corrected chi connectivity index (χ3v) is 5.75. The SMILES string of the molecule is CCOC(C)CNS(=O)(=O)c1cc(C)c(CNC)s1. The number of thiophene rings is 1. The van der Waals surface area contributed by atoms with Gasteiger partial charge in [-0.05, 0) is 39.4 Å². The van der Waals surface area contributed by atoms with Gasteiger partial charge in [0.05, 0.1) is 6.10 Å². The predicted molar refractivity (Wildman–Crippen MR) is 78.1 cm³/mol. The van der Waals surface area contributed by atoms with Gasteiger partial charge in [-0.3, -0.25) is 0 Å². The van der Waals surface area contributed by atoms with Crippen LogP contribution in [0.2, 0.25) is 0 Å². The van der Waals surface area contributed by atoms with Crippen molar-refractivity contribution in [1.29, 1.82) is 0 Å². The largest absolute Gasteiger partial charge is 0.377 e. The number of hydrogen-bond donors (Lipinski definition) is 2. The van der Waals surface area contributed by atoms with E-state index in [1.165, 1.54) is 11.3 Å². The first kappa shape index (κ1) is 16.6. The van der Waals surface area contributed by atoms with Crippen molar-refractivity contribution in [1.82, 2.24) is 10.0 Å². The molecule has 0 spiro atoms. The van der Waals surface area contributed by atoms with Gasteiger partial charge in [-0.15, -0.1) is 11.3 Å². The summed E-state index contributed by atoms with van der Waals surface area (Å²) in [5, 5.41) is 3.03. The van der Waals surface area contributed by atoms with Gasteiger partial charge in [0.15, 0.2) is 0 Å². The van der Waals surface area contributed by atoms with Gasteiger partial charge in [0.25, 0.3) is 0 Å². The maximum Gasteiger partial charge on any atom is 0.250 e. The Morgan fingerprint density at radius 1 is 1.47 bits per heavy atom. The van der Waals surface area contributed by atoms with E-state index in [0.717, 1.165) is 10.4 Å². The average molecular weight is 306 g/mol. The van der Waals surface area contributed by atoms with E-state index in [1.807, 2.05) is 27.8 Å². The van der Waals surface area contributed by atoms with Crippen LogP contribution in [-0.4, -0.2) is 34.7 Å². The molecular weight excluding hydrogens is 284 g/mol. The second kappa shape index (κ2) is 7.35. The van der Waals surface area contributed by atoms with Crippen molar-refractivity contribution in [3.8, 4) is 0 Å². The van der Waals surface area contributed by atoms with E-state index in [1.54, 1.807) is 6.07 Å². The lowest BCUT2D eigenvalue weighted by molar-refractivity contribution is 0.0800. The number of nitrogens with one attached hydrogen (secondary N) is 2. The summed E-state index contributed by atoms with van der Waals surface area (Å²) in [6, 6.07) is 1.71. The van der Waals surface area contributed by atoms with Crippen molar-refractivity contribution < 1.29 is 13.2 Å². The minimum Gasteiger partial charge on any atom is -0.377 e. The molecule has 0 saturated carbocycles. The highest BCUT2D eigenvalue weighted by Gasteiger charge is 2.19. The normalized spacial score (nSPS) is 13.7. The van der Waals surface area contributed by atoms with E-state index in [0.29, 0.717) is 17.4 Å². The zero-order valence-electron chi connectivity index (χ0n) is 11.8. The molecule has 0 aliphatic heterocycles. The van der Waals surface area contributed by atoms with Crippen LogP contribution >= 0.6 is 11.3 Å². The second-order valence-corrected chi connectivity index (χ2v) is 7.45. The molecule has 1 aromatic heterocycles. The highest BCUT2D eigenvalue weighted by Crippen LogP contribution is 2.25. The monoisotopic (exact) mass is 306 g/mol. The highest BCUT2D eigenvalue weighted by atomic mass is 32.2. The van der Waals surface area contributed by atoms with Crippen molar-refractivity contribution in [3.63, 3.8) is 0 Å². The fourth-order valence-corrected chi connectivity index (χ4v) is 4.36. The van der Waals surface area contributed by atoms with Crippen molar-refractivity contribution in [3.05, 3.63) is 16.5 Å². The lowest BCUT2D eigenvalue weighted by Crippen LogP contribution is -2.31. The van der Waals surface area contributed by atoms with Crippen LogP contribution in [-0.2, 0) is 21.3 Å². The third kappa shape index (κ3) is 4.85. The molecule has 2 N–H and O–H groups in total. The number of rotatable bonds is 8. The van der Waals surface area contributed by atoms with Crippen LogP contribution < -0.4 is 10.0 Å². The van der Waals surface area contributed by atoms with Crippen LogP contribution in [0.4, 0.5) is 0 Å². The molecule has 1 atom stereocenters. The van der Waals surface area contributed by atoms with Gasteiger partial charge in [0, 0.05) is 24.6 Å². The molecule has 0 radical (unpaired) electrons. The molecule has 19 heavy (non-hydrogen) atoms. The second-order valence-electron chi connectivity index (χ2n) is 4.32. The van der Waals surface area contributed by atoms with Crippen LogP contribution in [0.3, 0.4) is 0 Å². The summed E-state index contributed by atoms with van der Waals surface area (Å²) in [5.74, 6) is 0. The summed E-state index contributed by atoms with van der Waals surface area (Å²) < 4.78 is 32.5. The number of ether oxygens (including phenoxy) is 1. The van der Waals surface area contributed by atoms with E-state index in [4.69, 9.17) is 4.74 Å². The van der Waals surface area contributed by atoms with Crippen LogP contribution in [0.5, 0.6) is 0 Å². The molecule has 5 nitrogen and oxygen atoms in total. The summed E-state index contributed by atoms with van der Waals surface area (Å²) in [6.45, 7) is 7.20. The van der Waals surface area contributed by atoms with Gasteiger partial charge >= 0.3 is 0 Å². The Morgan fingerprint density at radius 3 is 2.74 bits per heavy atom. The fourth-order valence-electron chi connectivity index (χ4n) is 1.60. The summed E-state index contributed by atoms with van der Waals surface area (Å²) >= 11 is 1.30. The summed E-state index contributed by atoms with van der Waals surface area (Å²) in [5.41, 5.74) is 0.998. The Hall–Kier alpha value is -0.470. The molecule has 0 aliphatic rings. The number of sulfonamides is 1. The van der Waals surface area contributed by atoms with Gasteiger partial charge in [-0.2, -0.15) is 0 Å². The fraction of sp³-hybridized carbons (Fsp3) is 0.667. The molecule has 0 amide bonds. The standard InChI is InChI=1S/C12H22N2O3S2/c1-5-17-10(3)7-14-19(15,16)12-6-9(2)11(18-12)8-13-4/h6,10,13-14H,5,7-8H2,1-4H3. The minimum absolute atomic E-state index is 0.127. The molecule has 1 heterocycles. The van der Waals surface area contributed by atoms with Gasteiger partial charge in [-0.25, -0.2) is 13.1 Å². The molecular formula is C12H22N2O3S2. The first-order valence-electron chi connectivity index (χ1n) is 6.25. The van der Waals surface area contributed by atoms with Crippen molar-refractivity contribution >= 4 is 21.4 Å². The van der Waals surface area contributed by atoms with Gasteiger partial charge in [0.2, 0.25) is 10.0 Å². The Bertz CT molecular complexity index is 497. The molecule has 7 heteroatoms. The van der Waals surface area contributed by atoms with Crippen LogP contribution in [0, 0.1) is 6.92 Å². The zero-order chi connectivity index (χ0) is 14.5. The van der Waals surface area contributed by atoms with Gasteiger partial charge in [0.1, 0.15) is 4.21 Å². The summed E-state index contributed by atoms with van der Waals surface area (Å²) in [6.07, 6.45) is -0.127. The lowest BCUT2D eigenvalue weighted by Gasteiger charge is -2.12. The van der Waals surface area contributed by atoms with Crippen LogP contribution in [0.25, 0.3) is 0 Å². The van der Waals surface area contributed by atoms with Crippen LogP contribution in [0.15, 0.2) is 10.3 Å². The first-order chi connectivity index (χ1) is 8.90. The third-order valence-electron chi connectivity index (χ3n) is 2.61. The molecule has 1 rings (SSSR count). The topological polar surface area (TPSA) is 67.4 Å². The van der Waals surface area contributed by atoms with E-state index < -0.39 is 10.0 Å². The van der Waals surface area contributed by atoms with Crippen molar-refractivity contribution in [2.24, 2.45) is 0 Å². The molecule has 0 saturated heterocycles. The van der Waals surface area contributed by atoms with E-state index >= 15 is 0 Å². The first-order valence-corrected chi connectivity index (χ1v) is 8.55. The average Bonchev–Trinajstić information content (AvgIpc) is 2.71. The van der Waals surface area contributed by atoms with Gasteiger partial charge < -0.3 is 10.1 Å². The Balaban J connectivity index is 2.74. The van der Waals surface area contributed by atoms with Gasteiger partial charge in [-0.1, -0.05) is 0 Å². The molecule has 1 unspecified atom stereocenters. The maximum absolute atomic E-state index is 12.1. The Labute approximate surface area is 119 Å². The van der Waals surface area contributed by atoms with E-state index in [2.05, 4.69) is 10.0 Å². The minimum atomic E-state index is -3.43. The van der Waals surface area contributed by atoms with E-state index in [9.17, 15) is 8.42 Å². The molecule has 0 aliphatic carbocycles. The van der Waals surface area contributed by atoms with Crippen molar-refractivity contribution in [2.45, 2.75) is 37.6 Å². The maximum atomic E-state index is 12.1. The molecule has 0 fully saturated rings. The Kier molecular flexibility index (Phi) is 6.41. The molecule has 110 valence electrons. The Morgan fingerprint density at radius 2 is 2.16 bits per heavy atom. The predicted octanol–water partition coefficient (Wildman–Crippen LogP) is 1.48. The highest BCUT2D eigenvalue weighted by molar-refractivity contribution is 7.91. The van der Waals surface area contributed by atoms with Crippen LogP contribution in [0.1, 0.15) is 24.3 Å². The lowest BCUT2D eigenvalue weighted by atomic mass is 10.3.